The summed E-state index contributed by atoms with van der Waals surface area (Å²) in [4.78, 5) is 37.8. The van der Waals surface area contributed by atoms with Crippen molar-refractivity contribution in [1.29, 1.82) is 0 Å². The molecule has 1 saturated heterocycles. The van der Waals surface area contributed by atoms with Crippen LogP contribution in [0.25, 0.3) is 0 Å². The molecule has 1 saturated carbocycles. The maximum atomic E-state index is 12.2. The standard InChI is InChI=1S/C19H24N2O4/c1-13(18(23)20-15-5-2-3-6-15)25-19(24)14-8-10-16(11-9-14)21-12-4-7-17(21)22/h8-11,13,15H,2-7,12H2,1H3,(H,20,23). The Morgan fingerprint density at radius 1 is 1.16 bits per heavy atom. The Labute approximate surface area is 147 Å². The number of hydrogen-bond acceptors (Lipinski definition) is 4. The third kappa shape index (κ3) is 4.18. The Kier molecular flexibility index (Phi) is 5.36. The Bertz CT molecular complexity index is 650. The molecule has 0 aromatic heterocycles. The van der Waals surface area contributed by atoms with E-state index in [1.807, 2.05) is 0 Å². The molecule has 0 radical (unpaired) electrons. The van der Waals surface area contributed by atoms with Crippen molar-refractivity contribution in [2.24, 2.45) is 0 Å². The van der Waals surface area contributed by atoms with Gasteiger partial charge in [0.25, 0.3) is 5.91 Å². The molecular weight excluding hydrogens is 320 g/mol. The molecule has 1 unspecified atom stereocenters. The molecule has 1 heterocycles. The topological polar surface area (TPSA) is 75.7 Å². The van der Waals surface area contributed by atoms with Gasteiger partial charge in [0.2, 0.25) is 5.91 Å². The normalized spacial score (nSPS) is 19.1. The molecule has 1 aliphatic heterocycles. The van der Waals surface area contributed by atoms with E-state index in [0.717, 1.165) is 37.8 Å². The van der Waals surface area contributed by atoms with Gasteiger partial charge in [-0.15, -0.1) is 0 Å². The van der Waals surface area contributed by atoms with Crippen molar-refractivity contribution in [2.45, 2.75) is 57.6 Å². The van der Waals surface area contributed by atoms with Crippen LogP contribution in [0.1, 0.15) is 55.8 Å². The molecule has 3 rings (SSSR count). The number of rotatable bonds is 5. The minimum atomic E-state index is -0.826. The smallest absolute Gasteiger partial charge is 0.338 e. The summed E-state index contributed by atoms with van der Waals surface area (Å²) < 4.78 is 5.26. The van der Waals surface area contributed by atoms with Crippen LogP contribution in [0.15, 0.2) is 24.3 Å². The number of anilines is 1. The maximum absolute atomic E-state index is 12.2. The fraction of sp³-hybridized carbons (Fsp3) is 0.526. The van der Waals surface area contributed by atoms with Gasteiger partial charge in [-0.25, -0.2) is 4.79 Å². The Morgan fingerprint density at radius 3 is 2.44 bits per heavy atom. The zero-order valence-corrected chi connectivity index (χ0v) is 14.5. The predicted octanol–water partition coefficient (Wildman–Crippen LogP) is 2.42. The fourth-order valence-corrected chi connectivity index (χ4v) is 3.37. The van der Waals surface area contributed by atoms with Gasteiger partial charge in [0, 0.05) is 24.7 Å². The first-order valence-corrected chi connectivity index (χ1v) is 8.96. The van der Waals surface area contributed by atoms with Gasteiger partial charge >= 0.3 is 5.97 Å². The van der Waals surface area contributed by atoms with Crippen molar-refractivity contribution < 1.29 is 19.1 Å². The van der Waals surface area contributed by atoms with E-state index in [0.29, 0.717) is 18.5 Å². The predicted molar refractivity (Wildman–Crippen MR) is 93.3 cm³/mol. The van der Waals surface area contributed by atoms with Gasteiger partial charge < -0.3 is 15.0 Å². The van der Waals surface area contributed by atoms with Gasteiger partial charge in [-0.2, -0.15) is 0 Å². The molecule has 1 aromatic carbocycles. The minimum Gasteiger partial charge on any atom is -0.449 e. The monoisotopic (exact) mass is 344 g/mol. The van der Waals surface area contributed by atoms with Gasteiger partial charge in [-0.1, -0.05) is 12.8 Å². The number of carbonyl (C=O) groups is 3. The van der Waals surface area contributed by atoms with Crippen LogP contribution in [0, 0.1) is 0 Å². The highest BCUT2D eigenvalue weighted by Gasteiger charge is 2.24. The first-order chi connectivity index (χ1) is 12.0. The molecule has 1 aromatic rings. The lowest BCUT2D eigenvalue weighted by Crippen LogP contribution is -2.40. The molecule has 2 fully saturated rings. The number of nitrogens with one attached hydrogen (secondary N) is 1. The van der Waals surface area contributed by atoms with Crippen LogP contribution in [-0.2, 0) is 14.3 Å². The SMILES string of the molecule is CC(OC(=O)c1ccc(N2CCCC2=O)cc1)C(=O)NC1CCCC1. The largest absolute Gasteiger partial charge is 0.449 e. The lowest BCUT2D eigenvalue weighted by atomic mass is 10.2. The highest BCUT2D eigenvalue weighted by atomic mass is 16.5. The van der Waals surface area contributed by atoms with Crippen LogP contribution >= 0.6 is 0 Å². The van der Waals surface area contributed by atoms with Gasteiger partial charge in [0.15, 0.2) is 6.10 Å². The summed E-state index contributed by atoms with van der Waals surface area (Å²) in [6.07, 6.45) is 4.84. The molecule has 1 aliphatic carbocycles. The second-order valence-corrected chi connectivity index (χ2v) is 6.73. The van der Waals surface area contributed by atoms with Crippen molar-refractivity contribution in [3.8, 4) is 0 Å². The summed E-state index contributed by atoms with van der Waals surface area (Å²) in [5.74, 6) is -0.680. The molecule has 134 valence electrons. The van der Waals surface area contributed by atoms with E-state index >= 15 is 0 Å². The zero-order chi connectivity index (χ0) is 17.8. The third-order valence-corrected chi connectivity index (χ3v) is 4.84. The van der Waals surface area contributed by atoms with Crippen LogP contribution in [0.3, 0.4) is 0 Å². The first kappa shape index (κ1) is 17.5. The minimum absolute atomic E-state index is 0.104. The van der Waals surface area contributed by atoms with Crippen LogP contribution in [0.2, 0.25) is 0 Å². The van der Waals surface area contributed by atoms with Crippen molar-refractivity contribution >= 4 is 23.5 Å². The molecule has 1 atom stereocenters. The molecule has 0 bridgehead atoms. The zero-order valence-electron chi connectivity index (χ0n) is 14.5. The molecule has 2 aliphatic rings. The van der Waals surface area contributed by atoms with E-state index < -0.39 is 12.1 Å². The maximum Gasteiger partial charge on any atom is 0.338 e. The number of ether oxygens (including phenoxy) is 1. The van der Waals surface area contributed by atoms with E-state index in [2.05, 4.69) is 5.32 Å². The van der Waals surface area contributed by atoms with Crippen molar-refractivity contribution in [1.82, 2.24) is 5.32 Å². The Balaban J connectivity index is 1.55. The van der Waals surface area contributed by atoms with E-state index in [-0.39, 0.29) is 17.9 Å². The number of esters is 1. The summed E-state index contributed by atoms with van der Waals surface area (Å²) in [6, 6.07) is 6.94. The first-order valence-electron chi connectivity index (χ1n) is 8.96. The summed E-state index contributed by atoms with van der Waals surface area (Å²) in [5, 5.41) is 2.93. The third-order valence-electron chi connectivity index (χ3n) is 4.84. The average molecular weight is 344 g/mol. The Morgan fingerprint density at radius 2 is 1.84 bits per heavy atom. The molecule has 2 amide bonds. The van der Waals surface area contributed by atoms with Gasteiger partial charge in [-0.3, -0.25) is 9.59 Å². The molecule has 6 nitrogen and oxygen atoms in total. The van der Waals surface area contributed by atoms with E-state index in [9.17, 15) is 14.4 Å². The van der Waals surface area contributed by atoms with Crippen LogP contribution < -0.4 is 10.2 Å². The molecule has 6 heteroatoms. The summed E-state index contributed by atoms with van der Waals surface area (Å²) in [5.41, 5.74) is 1.15. The fourth-order valence-electron chi connectivity index (χ4n) is 3.37. The number of nitrogens with zero attached hydrogens (tertiary/aromatic N) is 1. The number of benzene rings is 1. The number of carbonyl (C=O) groups excluding carboxylic acids is 3. The molecular formula is C19H24N2O4. The highest BCUT2D eigenvalue weighted by Crippen LogP contribution is 2.22. The lowest BCUT2D eigenvalue weighted by molar-refractivity contribution is -0.129. The van der Waals surface area contributed by atoms with E-state index in [1.165, 1.54) is 0 Å². The second-order valence-electron chi connectivity index (χ2n) is 6.73. The molecule has 25 heavy (non-hydrogen) atoms. The van der Waals surface area contributed by atoms with Crippen molar-refractivity contribution in [3.05, 3.63) is 29.8 Å². The van der Waals surface area contributed by atoms with Crippen LogP contribution in [0.5, 0.6) is 0 Å². The summed E-state index contributed by atoms with van der Waals surface area (Å²) in [7, 11) is 0. The van der Waals surface area contributed by atoms with E-state index in [1.54, 1.807) is 36.1 Å². The van der Waals surface area contributed by atoms with Gasteiger partial charge in [0.1, 0.15) is 0 Å². The van der Waals surface area contributed by atoms with Crippen LogP contribution in [0.4, 0.5) is 5.69 Å². The average Bonchev–Trinajstić information content (AvgIpc) is 3.26. The van der Waals surface area contributed by atoms with E-state index in [4.69, 9.17) is 4.74 Å². The van der Waals surface area contributed by atoms with Crippen molar-refractivity contribution in [3.63, 3.8) is 0 Å². The summed E-state index contributed by atoms with van der Waals surface area (Å²) >= 11 is 0. The van der Waals surface area contributed by atoms with Gasteiger partial charge in [0.05, 0.1) is 5.56 Å². The Hall–Kier alpha value is -2.37. The quantitative estimate of drug-likeness (QED) is 0.833. The van der Waals surface area contributed by atoms with Crippen molar-refractivity contribution in [2.75, 3.05) is 11.4 Å². The summed E-state index contributed by atoms with van der Waals surface area (Å²) in [6.45, 7) is 2.29. The van der Waals surface area contributed by atoms with Crippen LogP contribution in [-0.4, -0.2) is 36.5 Å². The number of hydrogen-bond donors (Lipinski definition) is 1. The van der Waals surface area contributed by atoms with Gasteiger partial charge in [-0.05, 0) is 50.5 Å². The number of amides is 2. The highest BCUT2D eigenvalue weighted by molar-refractivity contribution is 5.96. The second kappa shape index (κ2) is 7.68. The molecule has 1 N–H and O–H groups in total. The molecule has 0 spiro atoms. The lowest BCUT2D eigenvalue weighted by Gasteiger charge is -2.18.